The minimum Gasteiger partial charge on any atom is -0.396 e. The second kappa shape index (κ2) is 8.85. The minimum atomic E-state index is 0.239. The van der Waals surface area contributed by atoms with Gasteiger partial charge in [-0.05, 0) is 42.6 Å². The summed E-state index contributed by atoms with van der Waals surface area (Å²) < 4.78 is 0. The van der Waals surface area contributed by atoms with Crippen molar-refractivity contribution < 1.29 is 5.11 Å². The van der Waals surface area contributed by atoms with Gasteiger partial charge in [-0.2, -0.15) is 0 Å². The molecule has 2 N–H and O–H groups in total. The fraction of sp³-hybridized carbons (Fsp3) is 0.600. The van der Waals surface area contributed by atoms with E-state index in [2.05, 4.69) is 32.2 Å². The Kier molecular flexibility index (Phi) is 7.84. The van der Waals surface area contributed by atoms with Gasteiger partial charge in [0, 0.05) is 28.3 Å². The van der Waals surface area contributed by atoms with Crippen LogP contribution in [0.2, 0.25) is 5.02 Å². The van der Waals surface area contributed by atoms with Crippen LogP contribution in [0.3, 0.4) is 0 Å². The van der Waals surface area contributed by atoms with E-state index in [0.29, 0.717) is 11.2 Å². The Labute approximate surface area is 125 Å². The van der Waals surface area contributed by atoms with Crippen molar-refractivity contribution in [1.82, 2.24) is 5.32 Å². The molecule has 0 aromatic heterocycles. The van der Waals surface area contributed by atoms with Gasteiger partial charge in [0.1, 0.15) is 0 Å². The Bertz CT molecular complexity index is 384. The lowest BCUT2D eigenvalue weighted by Gasteiger charge is -2.15. The lowest BCUT2D eigenvalue weighted by molar-refractivity contribution is 0.289. The van der Waals surface area contributed by atoms with Crippen molar-refractivity contribution in [2.24, 2.45) is 5.92 Å². The van der Waals surface area contributed by atoms with Crippen molar-refractivity contribution in [2.75, 3.05) is 13.2 Å². The molecular formula is C15H24ClNOS. The average Bonchev–Trinajstić information content (AvgIpc) is 2.32. The maximum atomic E-state index is 8.98. The fourth-order valence-electron chi connectivity index (χ4n) is 1.75. The van der Waals surface area contributed by atoms with Crippen molar-refractivity contribution in [2.45, 2.75) is 43.9 Å². The lowest BCUT2D eigenvalue weighted by atomic mass is 10.2. The number of aliphatic hydroxyl groups is 1. The first kappa shape index (κ1) is 16.8. The van der Waals surface area contributed by atoms with E-state index in [0.717, 1.165) is 24.5 Å². The summed E-state index contributed by atoms with van der Waals surface area (Å²) >= 11 is 7.88. The highest BCUT2D eigenvalue weighted by Crippen LogP contribution is 2.30. The summed E-state index contributed by atoms with van der Waals surface area (Å²) in [7, 11) is 0. The molecule has 1 unspecified atom stereocenters. The molecule has 0 spiro atoms. The van der Waals surface area contributed by atoms with Crippen molar-refractivity contribution in [1.29, 1.82) is 0 Å². The van der Waals surface area contributed by atoms with E-state index >= 15 is 0 Å². The summed E-state index contributed by atoms with van der Waals surface area (Å²) in [6.07, 6.45) is 0.812. The standard InChI is InChI=1S/C15H24ClNOS/c1-11(2)9-17-10-13-8-14(16)4-5-15(13)19-12(3)6-7-18/h4-5,8,11-12,17-18H,6-7,9-10H2,1-3H3. The second-order valence-corrected chi connectivity index (χ2v) is 7.13. The number of hydrogen-bond acceptors (Lipinski definition) is 3. The zero-order chi connectivity index (χ0) is 14.3. The normalized spacial score (nSPS) is 12.9. The number of nitrogens with one attached hydrogen (secondary N) is 1. The number of halogens is 1. The van der Waals surface area contributed by atoms with Crippen LogP contribution in [0.4, 0.5) is 0 Å². The van der Waals surface area contributed by atoms with Crippen LogP contribution in [0.1, 0.15) is 32.8 Å². The van der Waals surface area contributed by atoms with Crippen LogP contribution >= 0.6 is 23.4 Å². The van der Waals surface area contributed by atoms with Gasteiger partial charge >= 0.3 is 0 Å². The van der Waals surface area contributed by atoms with Crippen LogP contribution in [0.5, 0.6) is 0 Å². The fourth-order valence-corrected chi connectivity index (χ4v) is 3.03. The molecule has 0 amide bonds. The van der Waals surface area contributed by atoms with Crippen molar-refractivity contribution in [3.8, 4) is 0 Å². The molecule has 19 heavy (non-hydrogen) atoms. The van der Waals surface area contributed by atoms with Gasteiger partial charge in [-0.15, -0.1) is 11.8 Å². The molecule has 0 aliphatic rings. The third-order valence-corrected chi connectivity index (χ3v) is 4.28. The molecule has 0 saturated carbocycles. The van der Waals surface area contributed by atoms with Gasteiger partial charge in [0.15, 0.2) is 0 Å². The van der Waals surface area contributed by atoms with Gasteiger partial charge in [0.25, 0.3) is 0 Å². The zero-order valence-corrected chi connectivity index (χ0v) is 13.5. The smallest absolute Gasteiger partial charge is 0.0441 e. The summed E-state index contributed by atoms with van der Waals surface area (Å²) in [5.41, 5.74) is 1.24. The molecule has 2 nitrogen and oxygen atoms in total. The van der Waals surface area contributed by atoms with Gasteiger partial charge in [0.2, 0.25) is 0 Å². The number of hydrogen-bond donors (Lipinski definition) is 2. The number of rotatable bonds is 8. The van der Waals surface area contributed by atoms with E-state index in [1.807, 2.05) is 12.1 Å². The average molecular weight is 302 g/mol. The van der Waals surface area contributed by atoms with E-state index in [4.69, 9.17) is 16.7 Å². The topological polar surface area (TPSA) is 32.3 Å². The van der Waals surface area contributed by atoms with Crippen molar-refractivity contribution >= 4 is 23.4 Å². The molecule has 0 radical (unpaired) electrons. The summed E-state index contributed by atoms with van der Waals surface area (Å²) in [5.74, 6) is 0.642. The van der Waals surface area contributed by atoms with Crippen LogP contribution in [-0.4, -0.2) is 23.5 Å². The lowest BCUT2D eigenvalue weighted by Crippen LogP contribution is -2.19. The van der Waals surface area contributed by atoms with Gasteiger partial charge in [-0.25, -0.2) is 0 Å². The number of aliphatic hydroxyl groups excluding tert-OH is 1. The SMILES string of the molecule is CC(C)CNCc1cc(Cl)ccc1SC(C)CCO. The third kappa shape index (κ3) is 6.66. The largest absolute Gasteiger partial charge is 0.396 e. The van der Waals surface area contributed by atoms with Crippen LogP contribution in [0.25, 0.3) is 0 Å². The Morgan fingerprint density at radius 3 is 2.68 bits per heavy atom. The molecule has 1 aromatic carbocycles. The van der Waals surface area contributed by atoms with E-state index < -0.39 is 0 Å². The Balaban J connectivity index is 2.68. The maximum absolute atomic E-state index is 8.98. The number of thioether (sulfide) groups is 1. The van der Waals surface area contributed by atoms with Crippen LogP contribution in [0, 0.1) is 5.92 Å². The molecular weight excluding hydrogens is 278 g/mol. The quantitative estimate of drug-likeness (QED) is 0.713. The first-order valence-corrected chi connectivity index (χ1v) is 8.05. The predicted octanol–water partition coefficient (Wildman–Crippen LogP) is 3.95. The third-order valence-electron chi connectivity index (χ3n) is 2.75. The molecule has 4 heteroatoms. The highest BCUT2D eigenvalue weighted by Gasteiger charge is 2.09. The summed E-state index contributed by atoms with van der Waals surface area (Å²) in [4.78, 5) is 1.25. The number of benzene rings is 1. The highest BCUT2D eigenvalue weighted by atomic mass is 35.5. The highest BCUT2D eigenvalue weighted by molar-refractivity contribution is 8.00. The Hall–Kier alpha value is -0.220. The molecule has 0 fully saturated rings. The van der Waals surface area contributed by atoms with Crippen LogP contribution in [0.15, 0.2) is 23.1 Å². The Morgan fingerprint density at radius 1 is 1.32 bits per heavy atom. The molecule has 0 saturated heterocycles. The van der Waals surface area contributed by atoms with E-state index in [9.17, 15) is 0 Å². The molecule has 0 bridgehead atoms. The van der Waals surface area contributed by atoms with Gasteiger partial charge < -0.3 is 10.4 Å². The molecule has 1 atom stereocenters. The molecule has 108 valence electrons. The molecule has 0 aliphatic carbocycles. The van der Waals surface area contributed by atoms with Crippen LogP contribution in [-0.2, 0) is 6.54 Å². The predicted molar refractivity (Wildman–Crippen MR) is 85.0 cm³/mol. The first-order valence-electron chi connectivity index (χ1n) is 6.79. The summed E-state index contributed by atoms with van der Waals surface area (Å²) in [6, 6.07) is 6.04. The van der Waals surface area contributed by atoms with Gasteiger partial charge in [-0.3, -0.25) is 0 Å². The molecule has 1 aromatic rings. The van der Waals surface area contributed by atoms with Crippen molar-refractivity contribution in [3.05, 3.63) is 28.8 Å². The molecule has 0 aliphatic heterocycles. The van der Waals surface area contributed by atoms with Gasteiger partial charge in [0.05, 0.1) is 0 Å². The Morgan fingerprint density at radius 2 is 2.05 bits per heavy atom. The summed E-state index contributed by atoms with van der Waals surface area (Å²) in [6.45, 7) is 8.62. The van der Waals surface area contributed by atoms with E-state index in [1.54, 1.807) is 11.8 Å². The summed E-state index contributed by atoms with van der Waals surface area (Å²) in [5, 5.41) is 13.6. The minimum absolute atomic E-state index is 0.239. The van der Waals surface area contributed by atoms with E-state index in [-0.39, 0.29) is 6.61 Å². The van der Waals surface area contributed by atoms with Gasteiger partial charge in [-0.1, -0.05) is 32.4 Å². The van der Waals surface area contributed by atoms with Crippen molar-refractivity contribution in [3.63, 3.8) is 0 Å². The second-order valence-electron chi connectivity index (χ2n) is 5.22. The zero-order valence-electron chi connectivity index (χ0n) is 11.9. The molecule has 1 rings (SSSR count). The van der Waals surface area contributed by atoms with Crippen LogP contribution < -0.4 is 5.32 Å². The maximum Gasteiger partial charge on any atom is 0.0441 e. The first-order chi connectivity index (χ1) is 9.02. The monoisotopic (exact) mass is 301 g/mol. The molecule has 0 heterocycles. The van der Waals surface area contributed by atoms with E-state index in [1.165, 1.54) is 10.5 Å².